The number of nitrogens with zero attached hydrogens (tertiary/aromatic N) is 1. The minimum Gasteiger partial charge on any atom is -0.366 e. The molecule has 0 fully saturated rings. The number of para-hydroxylation sites is 1. The summed E-state index contributed by atoms with van der Waals surface area (Å²) in [4.78, 5) is 27.3. The number of rotatable bonds is 7. The molecular weight excluding hydrogens is 370 g/mol. The monoisotopic (exact) mass is 389 g/mol. The van der Waals surface area contributed by atoms with Gasteiger partial charge in [-0.3, -0.25) is 9.59 Å². The zero-order valence-electron chi connectivity index (χ0n) is 15.1. The molecule has 28 heavy (non-hydrogen) atoms. The van der Waals surface area contributed by atoms with E-state index in [0.717, 1.165) is 16.1 Å². The van der Waals surface area contributed by atoms with Crippen molar-refractivity contribution in [3.63, 3.8) is 0 Å². The molecule has 0 saturated heterocycles. The minimum atomic E-state index is -0.590. The van der Waals surface area contributed by atoms with Gasteiger partial charge in [0.1, 0.15) is 0 Å². The highest BCUT2D eigenvalue weighted by atomic mass is 32.1. The molecule has 0 unspecified atom stereocenters. The number of carbonyl (C=O) groups excluding carboxylic acids is 2. The number of hydrogen-bond donors (Lipinski definition) is 2. The Balaban J connectivity index is 1.82. The van der Waals surface area contributed by atoms with Gasteiger partial charge in [-0.05, 0) is 41.8 Å². The van der Waals surface area contributed by atoms with E-state index >= 15 is 0 Å². The molecule has 5 nitrogen and oxygen atoms in total. The van der Waals surface area contributed by atoms with Crippen LogP contribution in [0.3, 0.4) is 0 Å². The van der Waals surface area contributed by atoms with E-state index in [4.69, 9.17) is 12.2 Å². The molecule has 140 valence electrons. The lowest BCUT2D eigenvalue weighted by Gasteiger charge is -2.24. The molecule has 3 N–H and O–H groups in total. The lowest BCUT2D eigenvalue weighted by molar-refractivity contribution is -0.115. The Kier molecular flexibility index (Phi) is 6.10. The molecule has 2 amide bonds. The van der Waals surface area contributed by atoms with Gasteiger partial charge in [-0.15, -0.1) is 17.8 Å². The highest BCUT2D eigenvalue weighted by Crippen LogP contribution is 2.21. The van der Waals surface area contributed by atoms with E-state index in [0.29, 0.717) is 12.2 Å². The smallest absolute Gasteiger partial charge is 0.250 e. The number of hydrogen-bond acceptors (Lipinski definition) is 4. The third kappa shape index (κ3) is 4.78. The third-order valence-corrected chi connectivity index (χ3v) is 4.97. The largest absolute Gasteiger partial charge is 0.366 e. The van der Waals surface area contributed by atoms with E-state index in [2.05, 4.69) is 11.2 Å². The first kappa shape index (κ1) is 19.2. The lowest BCUT2D eigenvalue weighted by atomic mass is 10.1. The maximum atomic E-state index is 12.7. The van der Waals surface area contributed by atoms with Crippen LogP contribution >= 0.6 is 11.3 Å². The summed E-state index contributed by atoms with van der Waals surface area (Å²) in [6.07, 6.45) is 5.51. The molecule has 3 aromatic rings. The summed E-state index contributed by atoms with van der Waals surface area (Å²) in [5, 5.41) is 4.78. The Morgan fingerprint density at radius 3 is 2.64 bits per heavy atom. The average molecular weight is 389 g/mol. The van der Waals surface area contributed by atoms with Crippen molar-refractivity contribution in [2.45, 2.75) is 6.54 Å². The molecule has 0 spiro atoms. The zero-order chi connectivity index (χ0) is 19.9. The van der Waals surface area contributed by atoms with E-state index < -0.39 is 5.91 Å². The molecule has 0 saturated carbocycles. The molecule has 0 aliphatic heterocycles. The normalized spacial score (nSPS) is 10.1. The summed E-state index contributed by atoms with van der Waals surface area (Å²) in [6.45, 7) is 0.662. The predicted octanol–water partition coefficient (Wildman–Crippen LogP) is 3.47. The molecule has 3 rings (SSSR count). The maximum Gasteiger partial charge on any atom is 0.250 e. The first-order chi connectivity index (χ1) is 13.6. The van der Waals surface area contributed by atoms with Gasteiger partial charge in [-0.1, -0.05) is 30.2 Å². The van der Waals surface area contributed by atoms with E-state index in [1.54, 1.807) is 35.6 Å². The minimum absolute atomic E-state index is 0.0963. The van der Waals surface area contributed by atoms with Gasteiger partial charge in [-0.25, -0.2) is 0 Å². The summed E-state index contributed by atoms with van der Waals surface area (Å²) in [5.74, 6) is 1.78. The van der Waals surface area contributed by atoms with E-state index in [-0.39, 0.29) is 18.0 Å². The van der Waals surface area contributed by atoms with Crippen LogP contribution in [0.4, 0.5) is 11.4 Å². The standard InChI is InChI=1S/C22H19N3O2S/c1-2-16-7-5-8-17(13-16)25(14-18-9-6-12-28-18)15-21(26)24-20-11-4-3-10-19(20)22(23)27/h1,3-13H,14-15H2,(H2,23,27)(H,24,26). The molecule has 0 aliphatic rings. The molecule has 1 heterocycles. The first-order valence-electron chi connectivity index (χ1n) is 8.59. The van der Waals surface area contributed by atoms with Crippen molar-refractivity contribution < 1.29 is 9.59 Å². The topological polar surface area (TPSA) is 75.4 Å². The van der Waals surface area contributed by atoms with Gasteiger partial charge in [0.15, 0.2) is 0 Å². The number of primary amides is 1. The van der Waals surface area contributed by atoms with Gasteiger partial charge in [-0.2, -0.15) is 0 Å². The highest BCUT2D eigenvalue weighted by molar-refractivity contribution is 7.09. The van der Waals surface area contributed by atoms with Gasteiger partial charge in [0.05, 0.1) is 24.3 Å². The number of thiophene rings is 1. The van der Waals surface area contributed by atoms with Gasteiger partial charge in [0.2, 0.25) is 5.91 Å². The summed E-state index contributed by atoms with van der Waals surface area (Å²) >= 11 is 1.62. The average Bonchev–Trinajstić information content (AvgIpc) is 3.21. The van der Waals surface area contributed by atoms with Gasteiger partial charge >= 0.3 is 0 Å². The number of nitrogens with two attached hydrogens (primary N) is 1. The molecule has 0 atom stereocenters. The van der Waals surface area contributed by atoms with Crippen LogP contribution in [0.1, 0.15) is 20.8 Å². The fourth-order valence-corrected chi connectivity index (χ4v) is 3.51. The Bertz CT molecular complexity index is 1020. The molecule has 0 radical (unpaired) electrons. The summed E-state index contributed by atoms with van der Waals surface area (Å²) in [5.41, 5.74) is 7.65. The summed E-state index contributed by atoms with van der Waals surface area (Å²) < 4.78 is 0. The summed E-state index contributed by atoms with van der Waals surface area (Å²) in [7, 11) is 0. The lowest BCUT2D eigenvalue weighted by Crippen LogP contribution is -2.33. The van der Waals surface area contributed by atoms with Crippen molar-refractivity contribution in [3.05, 3.63) is 82.0 Å². The number of nitrogens with one attached hydrogen (secondary N) is 1. The van der Waals surface area contributed by atoms with Gasteiger partial charge in [0.25, 0.3) is 5.91 Å². The number of anilines is 2. The maximum absolute atomic E-state index is 12.7. The van der Waals surface area contributed by atoms with Crippen LogP contribution < -0.4 is 16.0 Å². The van der Waals surface area contributed by atoms with Crippen molar-refractivity contribution in [2.75, 3.05) is 16.8 Å². The second kappa shape index (κ2) is 8.89. The van der Waals surface area contributed by atoms with Crippen molar-refractivity contribution in [1.29, 1.82) is 0 Å². The quantitative estimate of drug-likeness (QED) is 0.608. The van der Waals surface area contributed by atoms with Crippen LogP contribution in [0.5, 0.6) is 0 Å². The van der Waals surface area contributed by atoms with Crippen LogP contribution in [0, 0.1) is 12.3 Å². The first-order valence-corrected chi connectivity index (χ1v) is 9.47. The van der Waals surface area contributed by atoms with E-state index in [1.165, 1.54) is 0 Å². The Labute approximate surface area is 167 Å². The molecule has 0 bridgehead atoms. The second-order valence-electron chi connectivity index (χ2n) is 6.09. The Morgan fingerprint density at radius 2 is 1.93 bits per heavy atom. The second-order valence-corrected chi connectivity index (χ2v) is 7.12. The number of benzene rings is 2. The van der Waals surface area contributed by atoms with Gasteiger partial charge in [0, 0.05) is 16.1 Å². The van der Waals surface area contributed by atoms with Crippen molar-refractivity contribution >= 4 is 34.5 Å². The molecule has 1 aromatic heterocycles. The molecule has 6 heteroatoms. The summed E-state index contributed by atoms with van der Waals surface area (Å²) in [6, 6.07) is 18.2. The van der Waals surface area contributed by atoms with Crippen molar-refractivity contribution in [2.24, 2.45) is 5.73 Å². The zero-order valence-corrected chi connectivity index (χ0v) is 15.9. The Hall–Kier alpha value is -3.56. The predicted molar refractivity (Wildman–Crippen MR) is 113 cm³/mol. The van der Waals surface area contributed by atoms with E-state index in [9.17, 15) is 9.59 Å². The van der Waals surface area contributed by atoms with Crippen LogP contribution in [0.2, 0.25) is 0 Å². The van der Waals surface area contributed by atoms with Crippen LogP contribution in [0.15, 0.2) is 66.0 Å². The third-order valence-electron chi connectivity index (χ3n) is 4.11. The highest BCUT2D eigenvalue weighted by Gasteiger charge is 2.16. The fraction of sp³-hybridized carbons (Fsp3) is 0.0909. The Morgan fingerprint density at radius 1 is 1.11 bits per heavy atom. The number of amides is 2. The van der Waals surface area contributed by atoms with Crippen LogP contribution in [-0.2, 0) is 11.3 Å². The number of carbonyl (C=O) groups is 2. The van der Waals surface area contributed by atoms with Gasteiger partial charge < -0.3 is 16.0 Å². The SMILES string of the molecule is C#Cc1cccc(N(CC(=O)Nc2ccccc2C(N)=O)Cc2cccs2)c1. The van der Waals surface area contributed by atoms with E-state index in [1.807, 2.05) is 46.7 Å². The van der Waals surface area contributed by atoms with Crippen LogP contribution in [0.25, 0.3) is 0 Å². The van der Waals surface area contributed by atoms with Crippen molar-refractivity contribution in [3.8, 4) is 12.3 Å². The van der Waals surface area contributed by atoms with Crippen molar-refractivity contribution in [1.82, 2.24) is 0 Å². The molecule has 2 aromatic carbocycles. The molecule has 0 aliphatic carbocycles. The number of terminal acetylenes is 1. The fourth-order valence-electron chi connectivity index (χ4n) is 2.79. The molecular formula is C22H19N3O2S. The van der Waals surface area contributed by atoms with Crippen LogP contribution in [-0.4, -0.2) is 18.4 Å².